The zero-order valence-corrected chi connectivity index (χ0v) is 15.0. The number of carbonyl (C=O) groups is 1. The van der Waals surface area contributed by atoms with Crippen LogP contribution >= 0.6 is 0 Å². The molecular weight excluding hydrogens is 322 g/mol. The van der Waals surface area contributed by atoms with Crippen molar-refractivity contribution < 1.29 is 13.6 Å². The number of halogens is 2. The first-order chi connectivity index (χ1) is 12.0. The van der Waals surface area contributed by atoms with E-state index in [1.165, 1.54) is 19.3 Å². The van der Waals surface area contributed by atoms with Gasteiger partial charge in [0.2, 0.25) is 5.91 Å². The lowest BCUT2D eigenvalue weighted by atomic mass is 9.76. The fourth-order valence-electron chi connectivity index (χ4n) is 5.63. The second-order valence-corrected chi connectivity index (χ2v) is 8.91. The average molecular weight is 352 g/mol. The Morgan fingerprint density at radius 2 is 2.04 bits per heavy atom. The molecule has 25 heavy (non-hydrogen) atoms. The smallest absolute Gasteiger partial charge is 0.252 e. The predicted octanol–water partition coefficient (Wildman–Crippen LogP) is 3.75. The summed E-state index contributed by atoms with van der Waals surface area (Å²) in [5.41, 5.74) is 0.0981. The van der Waals surface area contributed by atoms with Crippen molar-refractivity contribution in [1.82, 2.24) is 10.2 Å². The van der Waals surface area contributed by atoms with Gasteiger partial charge < -0.3 is 10.2 Å². The van der Waals surface area contributed by atoms with Crippen LogP contribution < -0.4 is 5.32 Å². The van der Waals surface area contributed by atoms with Gasteiger partial charge in [0.15, 0.2) is 0 Å². The largest absolute Gasteiger partial charge is 0.353 e. The Labute approximate surface area is 149 Å². The zero-order valence-electron chi connectivity index (χ0n) is 15.0. The van der Waals surface area contributed by atoms with E-state index in [0.717, 1.165) is 51.2 Å². The Morgan fingerprint density at radius 3 is 2.76 bits per heavy atom. The van der Waals surface area contributed by atoms with E-state index in [1.807, 2.05) is 0 Å². The molecule has 0 radical (unpaired) electrons. The van der Waals surface area contributed by atoms with Crippen molar-refractivity contribution in [3.63, 3.8) is 0 Å². The minimum absolute atomic E-state index is 0.0259. The molecule has 1 N–H and O–H groups in total. The molecule has 3 nitrogen and oxygen atoms in total. The van der Waals surface area contributed by atoms with Crippen LogP contribution in [0.3, 0.4) is 0 Å². The van der Waals surface area contributed by atoms with Gasteiger partial charge in [-0.25, -0.2) is 8.78 Å². The molecule has 3 unspecified atom stereocenters. The summed E-state index contributed by atoms with van der Waals surface area (Å²) in [6, 6.07) is -0.313. The third-order valence-electron chi connectivity index (χ3n) is 7.02. The summed E-state index contributed by atoms with van der Waals surface area (Å²) in [7, 11) is 0. The highest BCUT2D eigenvalue weighted by atomic mass is 19.3. The molecule has 0 aromatic rings. The molecule has 3 aliphatic carbocycles. The van der Waals surface area contributed by atoms with Crippen LogP contribution in [0.5, 0.6) is 0 Å². The number of hydrogen-bond acceptors (Lipinski definition) is 2. The molecule has 4 aliphatic rings. The molecule has 3 fully saturated rings. The molecule has 1 amide bonds. The molecule has 0 bridgehead atoms. The molecule has 1 aliphatic heterocycles. The fraction of sp³-hybridized carbons (Fsp3) is 0.850. The Hall–Kier alpha value is -0.970. The van der Waals surface area contributed by atoms with Crippen LogP contribution in [-0.2, 0) is 4.79 Å². The molecule has 1 saturated heterocycles. The van der Waals surface area contributed by atoms with Gasteiger partial charge in [0.05, 0.1) is 0 Å². The molecule has 4 rings (SSSR count). The molecule has 1 spiro atoms. The zero-order chi connectivity index (χ0) is 17.5. The molecule has 140 valence electrons. The highest BCUT2D eigenvalue weighted by Gasteiger charge is 2.52. The van der Waals surface area contributed by atoms with Crippen LogP contribution in [0.2, 0.25) is 0 Å². The molecular formula is C20H30F2N2O. The summed E-state index contributed by atoms with van der Waals surface area (Å²) < 4.78 is 26.0. The van der Waals surface area contributed by atoms with E-state index in [0.29, 0.717) is 0 Å². The van der Waals surface area contributed by atoms with Gasteiger partial charge in [-0.1, -0.05) is 18.6 Å². The maximum Gasteiger partial charge on any atom is 0.252 e. The van der Waals surface area contributed by atoms with Gasteiger partial charge in [-0.3, -0.25) is 4.79 Å². The van der Waals surface area contributed by atoms with Gasteiger partial charge in [-0.05, 0) is 56.4 Å². The molecule has 5 heteroatoms. The lowest BCUT2D eigenvalue weighted by Gasteiger charge is -2.38. The predicted molar refractivity (Wildman–Crippen MR) is 93.4 cm³/mol. The lowest BCUT2D eigenvalue weighted by molar-refractivity contribution is -0.135. The fourth-order valence-corrected chi connectivity index (χ4v) is 5.63. The molecule has 2 saturated carbocycles. The molecule has 0 aromatic carbocycles. The Kier molecular flexibility index (Phi) is 4.63. The SMILES string of the molecule is O=C(NC1CC(F)(F)C1)C1CCCC12CCN(CC1CC=CCC1)C2. The van der Waals surface area contributed by atoms with Crippen molar-refractivity contribution in [2.75, 3.05) is 19.6 Å². The average Bonchev–Trinajstić information content (AvgIpc) is 3.14. The minimum atomic E-state index is -2.57. The van der Waals surface area contributed by atoms with E-state index in [9.17, 15) is 13.6 Å². The summed E-state index contributed by atoms with van der Waals surface area (Å²) in [4.78, 5) is 15.3. The molecule has 3 atom stereocenters. The van der Waals surface area contributed by atoms with Gasteiger partial charge in [-0.15, -0.1) is 0 Å². The van der Waals surface area contributed by atoms with Crippen molar-refractivity contribution in [3.05, 3.63) is 12.2 Å². The normalized spacial score (nSPS) is 38.2. The number of nitrogens with zero attached hydrogens (tertiary/aromatic N) is 1. The standard InChI is InChI=1S/C20H30F2N2O/c21-20(22)11-16(12-20)23-18(25)17-7-4-8-19(17)9-10-24(14-19)13-15-5-2-1-3-6-15/h1-2,15-17H,3-14H2,(H,23,25). The number of rotatable bonds is 4. The number of hydrogen-bond donors (Lipinski definition) is 1. The van der Waals surface area contributed by atoms with E-state index in [2.05, 4.69) is 22.4 Å². The van der Waals surface area contributed by atoms with Crippen molar-refractivity contribution in [3.8, 4) is 0 Å². The number of nitrogens with one attached hydrogen (secondary N) is 1. The lowest BCUT2D eigenvalue weighted by Crippen LogP contribution is -2.53. The van der Waals surface area contributed by atoms with E-state index in [-0.39, 0.29) is 36.1 Å². The van der Waals surface area contributed by atoms with Crippen LogP contribution in [0.25, 0.3) is 0 Å². The van der Waals surface area contributed by atoms with E-state index in [4.69, 9.17) is 0 Å². The van der Waals surface area contributed by atoms with E-state index < -0.39 is 5.92 Å². The highest BCUT2D eigenvalue weighted by Crippen LogP contribution is 2.50. The number of carbonyl (C=O) groups excluding carboxylic acids is 1. The second-order valence-electron chi connectivity index (χ2n) is 8.91. The van der Waals surface area contributed by atoms with Crippen molar-refractivity contribution in [2.45, 2.75) is 69.8 Å². The number of allylic oxidation sites excluding steroid dienone is 2. The van der Waals surface area contributed by atoms with Gasteiger partial charge >= 0.3 is 0 Å². The number of likely N-dealkylation sites (tertiary alicyclic amines) is 1. The van der Waals surface area contributed by atoms with Crippen LogP contribution in [0, 0.1) is 17.3 Å². The maximum absolute atomic E-state index is 13.0. The maximum atomic E-state index is 13.0. The van der Waals surface area contributed by atoms with Crippen LogP contribution in [-0.4, -0.2) is 42.4 Å². The van der Waals surface area contributed by atoms with Crippen LogP contribution in [0.1, 0.15) is 57.8 Å². The van der Waals surface area contributed by atoms with Gasteiger partial charge in [0.1, 0.15) is 0 Å². The number of alkyl halides is 2. The van der Waals surface area contributed by atoms with Gasteiger partial charge in [0, 0.05) is 37.9 Å². The van der Waals surface area contributed by atoms with Crippen LogP contribution in [0.4, 0.5) is 8.78 Å². The van der Waals surface area contributed by atoms with E-state index >= 15 is 0 Å². The second kappa shape index (κ2) is 6.64. The van der Waals surface area contributed by atoms with Crippen molar-refractivity contribution in [1.29, 1.82) is 0 Å². The van der Waals surface area contributed by atoms with Gasteiger partial charge in [-0.2, -0.15) is 0 Å². The quantitative estimate of drug-likeness (QED) is 0.782. The van der Waals surface area contributed by atoms with Crippen molar-refractivity contribution >= 4 is 5.91 Å². The monoisotopic (exact) mass is 352 g/mol. The summed E-state index contributed by atoms with van der Waals surface area (Å²) in [5, 5.41) is 2.91. The Morgan fingerprint density at radius 1 is 1.20 bits per heavy atom. The summed E-state index contributed by atoms with van der Waals surface area (Å²) in [6.45, 7) is 3.26. The van der Waals surface area contributed by atoms with Crippen molar-refractivity contribution in [2.24, 2.45) is 17.3 Å². The Bertz CT molecular complexity index is 542. The number of amides is 1. The van der Waals surface area contributed by atoms with E-state index in [1.54, 1.807) is 0 Å². The minimum Gasteiger partial charge on any atom is -0.353 e. The van der Waals surface area contributed by atoms with Gasteiger partial charge in [0.25, 0.3) is 5.92 Å². The summed E-state index contributed by atoms with van der Waals surface area (Å²) >= 11 is 0. The summed E-state index contributed by atoms with van der Waals surface area (Å²) in [6.07, 6.45) is 12.1. The first-order valence-electron chi connectivity index (χ1n) is 10.0. The first-order valence-corrected chi connectivity index (χ1v) is 10.0. The first kappa shape index (κ1) is 17.4. The Balaban J connectivity index is 1.33. The molecule has 1 heterocycles. The summed E-state index contributed by atoms with van der Waals surface area (Å²) in [5.74, 6) is -1.74. The highest BCUT2D eigenvalue weighted by molar-refractivity contribution is 5.80. The van der Waals surface area contributed by atoms with Crippen LogP contribution in [0.15, 0.2) is 12.2 Å². The third-order valence-corrected chi connectivity index (χ3v) is 7.02. The third kappa shape index (κ3) is 3.62. The molecule has 0 aromatic heterocycles. The topological polar surface area (TPSA) is 32.3 Å².